The highest BCUT2D eigenvalue weighted by Crippen LogP contribution is 2.37. The predicted octanol–water partition coefficient (Wildman–Crippen LogP) is 6.22. The van der Waals surface area contributed by atoms with Gasteiger partial charge in [0.2, 0.25) is 0 Å². The summed E-state index contributed by atoms with van der Waals surface area (Å²) in [5.74, 6) is -1.19. The first-order chi connectivity index (χ1) is 19.9. The number of urea groups is 1. The zero-order valence-electron chi connectivity index (χ0n) is 23.2. The Bertz CT molecular complexity index is 1800. The number of nitrogens with one attached hydrogen (secondary N) is 2. The molecule has 2 heterocycles. The van der Waals surface area contributed by atoms with E-state index in [1.807, 2.05) is 12.1 Å². The van der Waals surface area contributed by atoms with Crippen LogP contribution < -0.4 is 16.4 Å². The summed E-state index contributed by atoms with van der Waals surface area (Å²) in [5.41, 5.74) is 8.18. The monoisotopic (exact) mass is 611 g/mol. The summed E-state index contributed by atoms with van der Waals surface area (Å²) in [7, 11) is -1.52. The van der Waals surface area contributed by atoms with Crippen molar-refractivity contribution in [1.29, 1.82) is 0 Å². The van der Waals surface area contributed by atoms with E-state index in [9.17, 15) is 23.0 Å². The van der Waals surface area contributed by atoms with Gasteiger partial charge in [0.05, 0.1) is 28.1 Å². The fourth-order valence-corrected chi connectivity index (χ4v) is 6.43. The van der Waals surface area contributed by atoms with Crippen LogP contribution in [-0.4, -0.2) is 46.2 Å². The predicted molar refractivity (Wildman–Crippen MR) is 165 cm³/mol. The molecule has 0 aliphatic heterocycles. The highest BCUT2D eigenvalue weighted by Gasteiger charge is 2.16. The van der Waals surface area contributed by atoms with Crippen LogP contribution in [0.1, 0.15) is 35.2 Å². The Kier molecular flexibility index (Phi) is 9.53. The third kappa shape index (κ3) is 7.89. The first kappa shape index (κ1) is 30.6. The molecule has 4 rings (SSSR count). The van der Waals surface area contributed by atoms with Crippen LogP contribution >= 0.6 is 11.3 Å². The number of nitrogens with zero attached hydrogens (tertiary/aromatic N) is 2. The number of anilines is 3. The molecular formula is C29H30FN5O5S2. The minimum absolute atomic E-state index is 0.0768. The van der Waals surface area contributed by atoms with Crippen molar-refractivity contribution in [2.24, 2.45) is 4.36 Å². The standard InChI is InChI=1S/C29H30FN5O5S2/c1-17-7-9-22(30)23(12-17)34-29(38)33-20-8-10-24-18(13-20)15-25(41-24)21-14-19(16-32-27(21)31)28(37)35-42(3,39)11-5-4-6-26(36)40-2/h7-10,12-16H,4-6,11H2,1-3H3,(H2,31,32)(H2,33,34,38)/t42-/m0/s1. The van der Waals surface area contributed by atoms with Gasteiger partial charge in [-0.15, -0.1) is 11.3 Å². The van der Waals surface area contributed by atoms with E-state index in [1.165, 1.54) is 37.0 Å². The SMILES string of the molecule is COC(=O)CCCC[S@](C)(=O)=NC(=O)c1cnc(N)c(-c2cc3cc(NC(=O)Nc4cc(C)ccc4F)ccc3s2)c1. The molecule has 10 nitrogen and oxygen atoms in total. The average molecular weight is 612 g/mol. The van der Waals surface area contributed by atoms with Crippen molar-refractivity contribution >= 4 is 66.3 Å². The average Bonchev–Trinajstić information content (AvgIpc) is 3.36. The number of esters is 1. The summed E-state index contributed by atoms with van der Waals surface area (Å²) in [6, 6.07) is 12.6. The maximum atomic E-state index is 14.0. The number of benzene rings is 2. The number of hydrogen-bond donors (Lipinski definition) is 3. The molecule has 0 radical (unpaired) electrons. The maximum Gasteiger partial charge on any atom is 0.323 e. The van der Waals surface area contributed by atoms with Crippen molar-refractivity contribution in [3.8, 4) is 10.4 Å². The number of amides is 3. The third-order valence-corrected chi connectivity index (χ3v) is 8.98. The molecule has 0 aliphatic carbocycles. The molecule has 0 unspecified atom stereocenters. The lowest BCUT2D eigenvalue weighted by atomic mass is 10.1. The van der Waals surface area contributed by atoms with Gasteiger partial charge in [-0.25, -0.2) is 18.4 Å². The molecule has 4 aromatic rings. The minimum atomic E-state index is -2.82. The number of thiophene rings is 1. The molecule has 0 aliphatic rings. The number of rotatable bonds is 9. The first-order valence-electron chi connectivity index (χ1n) is 12.9. The number of aryl methyl sites for hydroxylation is 1. The second-order valence-corrected chi connectivity index (χ2v) is 13.3. The van der Waals surface area contributed by atoms with Gasteiger partial charge >= 0.3 is 12.0 Å². The molecule has 0 fully saturated rings. The Balaban J connectivity index is 1.49. The Morgan fingerprint density at radius 1 is 1.10 bits per heavy atom. The van der Waals surface area contributed by atoms with Gasteiger partial charge in [-0.05, 0) is 73.2 Å². The minimum Gasteiger partial charge on any atom is -0.469 e. The van der Waals surface area contributed by atoms with Crippen LogP contribution in [-0.2, 0) is 19.3 Å². The van der Waals surface area contributed by atoms with Gasteiger partial charge in [-0.3, -0.25) is 9.59 Å². The number of hydrogen-bond acceptors (Lipinski definition) is 8. The van der Waals surface area contributed by atoms with Crippen LogP contribution in [0.3, 0.4) is 0 Å². The maximum absolute atomic E-state index is 14.0. The summed E-state index contributed by atoms with van der Waals surface area (Å²) >= 11 is 1.42. The van der Waals surface area contributed by atoms with E-state index in [-0.39, 0.29) is 35.2 Å². The zero-order chi connectivity index (χ0) is 30.4. The number of methoxy groups -OCH3 is 1. The number of pyridine rings is 1. The Morgan fingerprint density at radius 3 is 2.64 bits per heavy atom. The van der Waals surface area contributed by atoms with Gasteiger partial charge < -0.3 is 21.1 Å². The number of halogens is 1. The van der Waals surface area contributed by atoms with Crippen LogP contribution in [0.2, 0.25) is 0 Å². The third-order valence-electron chi connectivity index (χ3n) is 6.23. The van der Waals surface area contributed by atoms with Gasteiger partial charge in [0, 0.05) is 45.5 Å². The molecule has 0 saturated heterocycles. The van der Waals surface area contributed by atoms with Crippen molar-refractivity contribution < 1.29 is 27.7 Å². The molecule has 13 heteroatoms. The fraction of sp³-hybridized carbons (Fsp3) is 0.241. The number of nitrogen functional groups attached to an aromatic ring is 1. The number of aromatic nitrogens is 1. The second kappa shape index (κ2) is 13.1. The molecule has 0 saturated carbocycles. The normalized spacial score (nSPS) is 12.4. The second-order valence-electron chi connectivity index (χ2n) is 9.68. The molecule has 3 amide bonds. The number of unbranched alkanes of at least 4 members (excludes halogenated alkanes) is 1. The van der Waals surface area contributed by atoms with Crippen molar-refractivity contribution in [2.75, 3.05) is 35.5 Å². The first-order valence-corrected chi connectivity index (χ1v) is 15.8. The molecular weight excluding hydrogens is 581 g/mol. The number of carbonyl (C=O) groups is 3. The van der Waals surface area contributed by atoms with Crippen LogP contribution in [0.5, 0.6) is 0 Å². The van der Waals surface area contributed by atoms with Gasteiger partial charge in [-0.1, -0.05) is 6.07 Å². The van der Waals surface area contributed by atoms with E-state index in [1.54, 1.807) is 37.3 Å². The Labute approximate surface area is 246 Å². The van der Waals surface area contributed by atoms with Crippen LogP contribution in [0, 0.1) is 12.7 Å². The number of carbonyl (C=O) groups excluding carboxylic acids is 3. The summed E-state index contributed by atoms with van der Waals surface area (Å²) in [4.78, 5) is 41.5. The van der Waals surface area contributed by atoms with Crippen LogP contribution in [0.4, 0.5) is 26.4 Å². The summed E-state index contributed by atoms with van der Waals surface area (Å²) < 4.78 is 36.3. The van der Waals surface area contributed by atoms with E-state index in [0.717, 1.165) is 20.5 Å². The lowest BCUT2D eigenvalue weighted by Crippen LogP contribution is -2.20. The topological polar surface area (TPSA) is 153 Å². The van der Waals surface area contributed by atoms with Crippen molar-refractivity contribution in [1.82, 2.24) is 4.98 Å². The molecule has 0 bridgehead atoms. The quantitative estimate of drug-likeness (QED) is 0.150. The summed E-state index contributed by atoms with van der Waals surface area (Å²) in [6.45, 7) is 1.80. The lowest BCUT2D eigenvalue weighted by Gasteiger charge is -2.09. The summed E-state index contributed by atoms with van der Waals surface area (Å²) in [6.07, 6.45) is 3.84. The largest absolute Gasteiger partial charge is 0.469 e. The number of nitrogens with two attached hydrogens (primary N) is 1. The highest BCUT2D eigenvalue weighted by molar-refractivity contribution is 7.93. The molecule has 4 N–H and O–H groups in total. The van der Waals surface area contributed by atoms with Gasteiger partial charge in [0.25, 0.3) is 5.91 Å². The molecule has 1 atom stereocenters. The van der Waals surface area contributed by atoms with E-state index in [0.29, 0.717) is 24.1 Å². The fourth-order valence-electron chi connectivity index (χ4n) is 4.08. The number of ether oxygens (including phenoxy) is 1. The highest BCUT2D eigenvalue weighted by atomic mass is 32.2. The Morgan fingerprint density at radius 2 is 1.88 bits per heavy atom. The molecule has 220 valence electrons. The lowest BCUT2D eigenvalue weighted by molar-refractivity contribution is -0.140. The Hall–Kier alpha value is -4.36. The van der Waals surface area contributed by atoms with E-state index in [4.69, 9.17) is 5.73 Å². The molecule has 0 spiro atoms. The smallest absolute Gasteiger partial charge is 0.323 e. The van der Waals surface area contributed by atoms with Gasteiger partial charge in [-0.2, -0.15) is 4.36 Å². The van der Waals surface area contributed by atoms with Crippen LogP contribution in [0.15, 0.2) is 59.1 Å². The summed E-state index contributed by atoms with van der Waals surface area (Å²) in [5, 5.41) is 6.02. The van der Waals surface area contributed by atoms with Crippen molar-refractivity contribution in [3.05, 3.63) is 71.7 Å². The van der Waals surface area contributed by atoms with E-state index < -0.39 is 27.5 Å². The van der Waals surface area contributed by atoms with E-state index >= 15 is 0 Å². The van der Waals surface area contributed by atoms with Crippen molar-refractivity contribution in [2.45, 2.75) is 26.2 Å². The van der Waals surface area contributed by atoms with Gasteiger partial charge in [0.15, 0.2) is 0 Å². The number of fused-ring (bicyclic) bond motifs is 1. The zero-order valence-corrected chi connectivity index (χ0v) is 24.9. The van der Waals surface area contributed by atoms with Crippen molar-refractivity contribution in [3.63, 3.8) is 0 Å². The molecule has 42 heavy (non-hydrogen) atoms. The molecule has 2 aromatic heterocycles. The van der Waals surface area contributed by atoms with Gasteiger partial charge in [0.1, 0.15) is 11.6 Å². The van der Waals surface area contributed by atoms with E-state index in [2.05, 4.69) is 24.7 Å². The van der Waals surface area contributed by atoms with Crippen LogP contribution in [0.25, 0.3) is 20.5 Å². The molecule has 2 aromatic carbocycles.